The number of hydrogen-bond acceptors (Lipinski definition) is 5. The van der Waals surface area contributed by atoms with Crippen LogP contribution in [0.1, 0.15) is 27.0 Å². The number of methoxy groups -OCH3 is 1. The summed E-state index contributed by atoms with van der Waals surface area (Å²) in [5, 5.41) is 12.4. The van der Waals surface area contributed by atoms with Crippen LogP contribution >= 0.6 is 11.3 Å². The van der Waals surface area contributed by atoms with E-state index < -0.39 is 0 Å². The van der Waals surface area contributed by atoms with Crippen LogP contribution in [-0.4, -0.2) is 23.2 Å². The maximum atomic E-state index is 12.4. The molecule has 0 radical (unpaired) electrons. The van der Waals surface area contributed by atoms with Crippen LogP contribution < -0.4 is 10.1 Å². The molecule has 0 aliphatic heterocycles. The van der Waals surface area contributed by atoms with Gasteiger partial charge in [0.2, 0.25) is 5.13 Å². The van der Waals surface area contributed by atoms with Crippen molar-refractivity contribution in [3.8, 4) is 16.3 Å². The molecule has 0 aliphatic carbocycles. The zero-order valence-electron chi connectivity index (χ0n) is 14.6. The van der Waals surface area contributed by atoms with Crippen molar-refractivity contribution in [2.75, 3.05) is 12.4 Å². The summed E-state index contributed by atoms with van der Waals surface area (Å²) in [6.07, 6.45) is 0. The van der Waals surface area contributed by atoms with Gasteiger partial charge in [-0.15, -0.1) is 10.2 Å². The molecule has 25 heavy (non-hydrogen) atoms. The Kier molecular flexibility index (Phi) is 4.81. The third-order valence-corrected chi connectivity index (χ3v) is 4.72. The van der Waals surface area contributed by atoms with Gasteiger partial charge in [-0.2, -0.15) is 0 Å². The van der Waals surface area contributed by atoms with Crippen LogP contribution in [0.3, 0.4) is 0 Å². The van der Waals surface area contributed by atoms with Gasteiger partial charge in [0.1, 0.15) is 10.8 Å². The van der Waals surface area contributed by atoms with E-state index in [2.05, 4.69) is 48.4 Å². The lowest BCUT2D eigenvalue weighted by Crippen LogP contribution is -2.11. The maximum Gasteiger partial charge on any atom is 0.257 e. The number of aryl methyl sites for hydroxylation is 3. The smallest absolute Gasteiger partial charge is 0.257 e. The van der Waals surface area contributed by atoms with Crippen LogP contribution in [0.2, 0.25) is 0 Å². The van der Waals surface area contributed by atoms with Crippen LogP contribution in [0.15, 0.2) is 36.4 Å². The first-order chi connectivity index (χ1) is 12.0. The zero-order chi connectivity index (χ0) is 18.0. The molecule has 128 valence electrons. The van der Waals surface area contributed by atoms with Gasteiger partial charge in [-0.3, -0.25) is 10.1 Å². The summed E-state index contributed by atoms with van der Waals surface area (Å²) in [5.41, 5.74) is 5.11. The SMILES string of the molecule is COc1cccc(C(=O)Nc2nnc(-c3c(C)cc(C)cc3C)s2)c1. The number of rotatable bonds is 4. The predicted octanol–water partition coefficient (Wildman–Crippen LogP) is 4.39. The number of carbonyl (C=O) groups excluding carboxylic acids is 1. The molecular weight excluding hydrogens is 334 g/mol. The van der Waals surface area contributed by atoms with Gasteiger partial charge in [-0.25, -0.2) is 0 Å². The van der Waals surface area contributed by atoms with Crippen molar-refractivity contribution in [3.63, 3.8) is 0 Å². The normalized spacial score (nSPS) is 10.6. The summed E-state index contributed by atoms with van der Waals surface area (Å²) in [6, 6.07) is 11.2. The van der Waals surface area contributed by atoms with Crippen LogP contribution in [-0.2, 0) is 0 Å². The number of nitrogens with one attached hydrogen (secondary N) is 1. The standard InChI is InChI=1S/C19H19N3O2S/c1-11-8-12(2)16(13(3)9-11)18-21-22-19(25-18)20-17(23)14-6-5-7-15(10-14)24-4/h5-10H,1-4H3,(H,20,22,23). The highest BCUT2D eigenvalue weighted by molar-refractivity contribution is 7.18. The molecule has 0 saturated heterocycles. The third kappa shape index (κ3) is 3.69. The molecule has 3 aromatic rings. The summed E-state index contributed by atoms with van der Waals surface area (Å²) in [4.78, 5) is 12.4. The average Bonchev–Trinajstić information content (AvgIpc) is 3.02. The zero-order valence-corrected chi connectivity index (χ0v) is 15.4. The maximum absolute atomic E-state index is 12.4. The molecule has 1 aromatic heterocycles. The summed E-state index contributed by atoms with van der Waals surface area (Å²) in [5.74, 6) is 0.399. The molecule has 6 heteroatoms. The lowest BCUT2D eigenvalue weighted by molar-refractivity contribution is 0.102. The van der Waals surface area contributed by atoms with E-state index in [4.69, 9.17) is 4.74 Å². The molecule has 1 heterocycles. The molecule has 0 unspecified atom stereocenters. The first-order valence-electron chi connectivity index (χ1n) is 7.85. The van der Waals surface area contributed by atoms with Gasteiger partial charge in [0.25, 0.3) is 5.91 Å². The first kappa shape index (κ1) is 17.1. The Balaban J connectivity index is 1.83. The number of nitrogens with zero attached hydrogens (tertiary/aromatic N) is 2. The largest absolute Gasteiger partial charge is 0.497 e. The van der Waals surface area contributed by atoms with Gasteiger partial charge in [-0.05, 0) is 50.1 Å². The highest BCUT2D eigenvalue weighted by Gasteiger charge is 2.15. The van der Waals surface area contributed by atoms with Crippen LogP contribution in [0, 0.1) is 20.8 Å². The molecule has 5 nitrogen and oxygen atoms in total. The Bertz CT molecular complexity index is 911. The fourth-order valence-electron chi connectivity index (χ4n) is 2.83. The second-order valence-corrected chi connectivity index (χ2v) is 6.85. The van der Waals surface area contributed by atoms with Crippen molar-refractivity contribution in [1.29, 1.82) is 0 Å². The molecule has 0 fully saturated rings. The molecule has 2 aromatic carbocycles. The minimum Gasteiger partial charge on any atom is -0.497 e. The van der Waals surface area contributed by atoms with Gasteiger partial charge in [0.05, 0.1) is 7.11 Å². The third-order valence-electron chi connectivity index (χ3n) is 3.87. The van der Waals surface area contributed by atoms with Crippen molar-refractivity contribution in [3.05, 3.63) is 58.7 Å². The lowest BCUT2D eigenvalue weighted by Gasteiger charge is -2.07. The van der Waals surface area contributed by atoms with Crippen LogP contribution in [0.25, 0.3) is 10.6 Å². The van der Waals surface area contributed by atoms with Gasteiger partial charge in [0, 0.05) is 11.1 Å². The molecule has 0 saturated carbocycles. The Hall–Kier alpha value is -2.73. The molecule has 3 rings (SSSR count). The number of anilines is 1. The molecule has 1 N–H and O–H groups in total. The highest BCUT2D eigenvalue weighted by Crippen LogP contribution is 2.32. The number of aromatic nitrogens is 2. The van der Waals surface area contributed by atoms with E-state index in [1.165, 1.54) is 16.9 Å². The fraction of sp³-hybridized carbons (Fsp3) is 0.211. The second-order valence-electron chi connectivity index (χ2n) is 5.87. The lowest BCUT2D eigenvalue weighted by atomic mass is 10.0. The van der Waals surface area contributed by atoms with E-state index in [9.17, 15) is 4.79 Å². The molecule has 0 aliphatic rings. The van der Waals surface area contributed by atoms with Crippen molar-refractivity contribution in [1.82, 2.24) is 10.2 Å². The quantitative estimate of drug-likeness (QED) is 0.755. The topological polar surface area (TPSA) is 64.1 Å². The molecule has 0 atom stereocenters. The number of hydrogen-bond donors (Lipinski definition) is 1. The van der Waals surface area contributed by atoms with E-state index in [0.29, 0.717) is 16.4 Å². The predicted molar refractivity (Wildman–Crippen MR) is 101 cm³/mol. The van der Waals surface area contributed by atoms with Gasteiger partial charge < -0.3 is 4.74 Å². The van der Waals surface area contributed by atoms with Crippen LogP contribution in [0.5, 0.6) is 5.75 Å². The highest BCUT2D eigenvalue weighted by atomic mass is 32.1. The molecule has 1 amide bonds. The number of amides is 1. The number of carbonyl (C=O) groups is 1. The number of benzene rings is 2. The monoisotopic (exact) mass is 353 g/mol. The van der Waals surface area contributed by atoms with Gasteiger partial charge >= 0.3 is 0 Å². The van der Waals surface area contributed by atoms with Gasteiger partial charge in [0.15, 0.2) is 0 Å². The summed E-state index contributed by atoms with van der Waals surface area (Å²) >= 11 is 1.37. The molecule has 0 bridgehead atoms. The summed E-state index contributed by atoms with van der Waals surface area (Å²) in [7, 11) is 1.57. The van der Waals surface area contributed by atoms with E-state index in [-0.39, 0.29) is 5.91 Å². The van der Waals surface area contributed by atoms with E-state index in [1.54, 1.807) is 31.4 Å². The molecular formula is C19H19N3O2S. The minimum atomic E-state index is -0.237. The second kappa shape index (κ2) is 7.03. The average molecular weight is 353 g/mol. The van der Waals surface area contributed by atoms with E-state index >= 15 is 0 Å². The molecule has 0 spiro atoms. The van der Waals surface area contributed by atoms with Crippen molar-refractivity contribution in [2.24, 2.45) is 0 Å². The van der Waals surface area contributed by atoms with Crippen LogP contribution in [0.4, 0.5) is 5.13 Å². The Morgan fingerprint density at radius 3 is 2.48 bits per heavy atom. The summed E-state index contributed by atoms with van der Waals surface area (Å²) in [6.45, 7) is 6.19. The Labute approximate surface area is 150 Å². The van der Waals surface area contributed by atoms with Crippen molar-refractivity contribution >= 4 is 22.4 Å². The Morgan fingerprint density at radius 2 is 1.80 bits per heavy atom. The minimum absolute atomic E-state index is 0.237. The van der Waals surface area contributed by atoms with E-state index in [0.717, 1.165) is 21.7 Å². The first-order valence-corrected chi connectivity index (χ1v) is 8.66. The summed E-state index contributed by atoms with van der Waals surface area (Å²) < 4.78 is 5.15. The number of ether oxygens (including phenoxy) is 1. The van der Waals surface area contributed by atoms with Crippen molar-refractivity contribution in [2.45, 2.75) is 20.8 Å². The van der Waals surface area contributed by atoms with Crippen molar-refractivity contribution < 1.29 is 9.53 Å². The van der Waals surface area contributed by atoms with Gasteiger partial charge in [-0.1, -0.05) is 35.1 Å². The fourth-order valence-corrected chi connectivity index (χ4v) is 3.74. The Morgan fingerprint density at radius 1 is 1.08 bits per heavy atom. The van der Waals surface area contributed by atoms with E-state index in [1.807, 2.05) is 0 Å².